The van der Waals surface area contributed by atoms with Crippen LogP contribution in [0.5, 0.6) is 0 Å². The summed E-state index contributed by atoms with van der Waals surface area (Å²) in [4.78, 5) is 2.54. The predicted octanol–water partition coefficient (Wildman–Crippen LogP) is 4.35. The number of nitrogens with zero attached hydrogens (tertiary/aromatic N) is 1. The third kappa shape index (κ3) is 4.63. The molecule has 1 fully saturated rings. The fourth-order valence-corrected chi connectivity index (χ4v) is 2.95. The van der Waals surface area contributed by atoms with Gasteiger partial charge in [0.1, 0.15) is 0 Å². The van der Waals surface area contributed by atoms with E-state index in [0.717, 1.165) is 19.6 Å². The summed E-state index contributed by atoms with van der Waals surface area (Å²) >= 11 is 12.1. The van der Waals surface area contributed by atoms with Gasteiger partial charge in [-0.15, -0.1) is 0 Å². The van der Waals surface area contributed by atoms with Gasteiger partial charge in [0.25, 0.3) is 0 Å². The lowest BCUT2D eigenvalue weighted by Gasteiger charge is -2.29. The van der Waals surface area contributed by atoms with Crippen LogP contribution in [-0.2, 0) is 6.54 Å². The fraction of sp³-hybridized carbons (Fsp3) is 0.625. The SMILES string of the molecule is CC(C)(C)NCC1CCCN1Cc1ccc(Cl)c(Cl)c1. The van der Waals surface area contributed by atoms with Gasteiger partial charge in [0.15, 0.2) is 0 Å². The largest absolute Gasteiger partial charge is 0.311 e. The first-order valence-corrected chi connectivity index (χ1v) is 8.04. The Morgan fingerprint density at radius 3 is 2.65 bits per heavy atom. The highest BCUT2D eigenvalue weighted by molar-refractivity contribution is 6.42. The molecule has 1 aliphatic heterocycles. The third-order valence-electron chi connectivity index (χ3n) is 3.74. The number of halogens is 2. The average Bonchev–Trinajstić information content (AvgIpc) is 2.78. The molecule has 1 aromatic carbocycles. The maximum Gasteiger partial charge on any atom is 0.0595 e. The summed E-state index contributed by atoms with van der Waals surface area (Å²) < 4.78 is 0. The highest BCUT2D eigenvalue weighted by atomic mass is 35.5. The maximum atomic E-state index is 6.09. The molecule has 0 spiro atoms. The van der Waals surface area contributed by atoms with E-state index >= 15 is 0 Å². The molecular weight excluding hydrogens is 291 g/mol. The topological polar surface area (TPSA) is 15.3 Å². The summed E-state index contributed by atoms with van der Waals surface area (Å²) in [7, 11) is 0. The molecule has 2 nitrogen and oxygen atoms in total. The number of benzene rings is 1. The van der Waals surface area contributed by atoms with Crippen LogP contribution in [-0.4, -0.2) is 29.6 Å². The average molecular weight is 315 g/mol. The first-order valence-electron chi connectivity index (χ1n) is 7.28. The van der Waals surface area contributed by atoms with Crippen LogP contribution < -0.4 is 5.32 Å². The molecule has 0 aromatic heterocycles. The van der Waals surface area contributed by atoms with E-state index in [1.54, 1.807) is 0 Å². The maximum absolute atomic E-state index is 6.09. The van der Waals surface area contributed by atoms with Gasteiger partial charge in [0.2, 0.25) is 0 Å². The van der Waals surface area contributed by atoms with Crippen LogP contribution in [0.15, 0.2) is 18.2 Å². The van der Waals surface area contributed by atoms with Gasteiger partial charge in [-0.2, -0.15) is 0 Å². The lowest BCUT2D eigenvalue weighted by atomic mass is 10.1. The van der Waals surface area contributed by atoms with Crippen molar-refractivity contribution in [1.82, 2.24) is 10.2 Å². The summed E-state index contributed by atoms with van der Waals surface area (Å²) in [5.41, 5.74) is 1.42. The molecule has 20 heavy (non-hydrogen) atoms. The molecule has 0 bridgehead atoms. The molecule has 1 saturated heterocycles. The normalized spacial score (nSPS) is 20.6. The van der Waals surface area contributed by atoms with Crippen molar-refractivity contribution < 1.29 is 0 Å². The van der Waals surface area contributed by atoms with Crippen LogP contribution in [0.4, 0.5) is 0 Å². The smallest absolute Gasteiger partial charge is 0.0595 e. The summed E-state index contributed by atoms with van der Waals surface area (Å²) in [5.74, 6) is 0. The first-order chi connectivity index (χ1) is 9.35. The summed E-state index contributed by atoms with van der Waals surface area (Å²) in [6, 6.07) is 6.55. The van der Waals surface area contributed by atoms with Crippen LogP contribution in [0.1, 0.15) is 39.2 Å². The lowest BCUT2D eigenvalue weighted by molar-refractivity contribution is 0.226. The Kier molecular flexibility index (Phi) is 5.36. The van der Waals surface area contributed by atoms with Crippen LogP contribution >= 0.6 is 23.2 Å². The lowest BCUT2D eigenvalue weighted by Crippen LogP contribution is -2.44. The zero-order valence-corrected chi connectivity index (χ0v) is 14.1. The highest BCUT2D eigenvalue weighted by Crippen LogP contribution is 2.25. The molecule has 1 aromatic rings. The Hall–Kier alpha value is -0.280. The first kappa shape index (κ1) is 16.1. The quantitative estimate of drug-likeness (QED) is 0.889. The van der Waals surface area contributed by atoms with E-state index in [1.165, 1.54) is 18.4 Å². The van der Waals surface area contributed by atoms with E-state index in [0.29, 0.717) is 16.1 Å². The third-order valence-corrected chi connectivity index (χ3v) is 4.48. The van der Waals surface area contributed by atoms with E-state index in [-0.39, 0.29) is 5.54 Å². The minimum absolute atomic E-state index is 0.178. The molecule has 0 aliphatic carbocycles. The van der Waals surface area contributed by atoms with Crippen molar-refractivity contribution in [3.63, 3.8) is 0 Å². The van der Waals surface area contributed by atoms with Crippen molar-refractivity contribution in [2.75, 3.05) is 13.1 Å². The predicted molar refractivity (Wildman–Crippen MR) is 87.6 cm³/mol. The number of rotatable bonds is 4. The molecule has 1 N–H and O–H groups in total. The molecule has 2 rings (SSSR count). The second-order valence-corrected chi connectivity index (χ2v) is 7.46. The van der Waals surface area contributed by atoms with Crippen LogP contribution in [0.25, 0.3) is 0 Å². The van der Waals surface area contributed by atoms with Crippen LogP contribution in [0.3, 0.4) is 0 Å². The van der Waals surface area contributed by atoms with Gasteiger partial charge in [0, 0.05) is 24.7 Å². The molecule has 1 heterocycles. The van der Waals surface area contributed by atoms with E-state index < -0.39 is 0 Å². The van der Waals surface area contributed by atoms with Crippen molar-refractivity contribution >= 4 is 23.2 Å². The van der Waals surface area contributed by atoms with Gasteiger partial charge in [-0.3, -0.25) is 4.90 Å². The van der Waals surface area contributed by atoms with E-state index in [4.69, 9.17) is 23.2 Å². The number of likely N-dealkylation sites (tertiary alicyclic amines) is 1. The second-order valence-electron chi connectivity index (χ2n) is 6.65. The van der Waals surface area contributed by atoms with E-state index in [9.17, 15) is 0 Å². The zero-order chi connectivity index (χ0) is 14.8. The number of hydrogen-bond acceptors (Lipinski definition) is 2. The van der Waals surface area contributed by atoms with Gasteiger partial charge < -0.3 is 5.32 Å². The van der Waals surface area contributed by atoms with Crippen molar-refractivity contribution in [3.05, 3.63) is 33.8 Å². The standard InChI is InChI=1S/C16H24Cl2N2/c1-16(2,3)19-10-13-5-4-8-20(13)11-12-6-7-14(17)15(18)9-12/h6-7,9,13,19H,4-5,8,10-11H2,1-3H3. The van der Waals surface area contributed by atoms with Gasteiger partial charge in [-0.25, -0.2) is 0 Å². The Morgan fingerprint density at radius 2 is 2.00 bits per heavy atom. The molecule has 1 aliphatic rings. The van der Waals surface area contributed by atoms with Crippen molar-refractivity contribution in [2.45, 2.75) is 51.7 Å². The zero-order valence-electron chi connectivity index (χ0n) is 12.5. The van der Waals surface area contributed by atoms with Crippen molar-refractivity contribution in [2.24, 2.45) is 0 Å². The van der Waals surface area contributed by atoms with Gasteiger partial charge in [-0.05, 0) is 57.9 Å². The number of nitrogens with one attached hydrogen (secondary N) is 1. The van der Waals surface area contributed by atoms with Crippen molar-refractivity contribution in [3.8, 4) is 0 Å². The minimum Gasteiger partial charge on any atom is -0.311 e. The van der Waals surface area contributed by atoms with Gasteiger partial charge >= 0.3 is 0 Å². The molecule has 0 amide bonds. The Balaban J connectivity index is 1.95. The Bertz CT molecular complexity index is 454. The fourth-order valence-electron chi connectivity index (χ4n) is 2.63. The van der Waals surface area contributed by atoms with E-state index in [1.807, 2.05) is 12.1 Å². The van der Waals surface area contributed by atoms with Gasteiger partial charge in [0.05, 0.1) is 10.0 Å². The highest BCUT2D eigenvalue weighted by Gasteiger charge is 2.25. The summed E-state index contributed by atoms with van der Waals surface area (Å²) in [6.45, 7) is 9.80. The Labute approximate surface area is 132 Å². The molecule has 1 atom stereocenters. The van der Waals surface area contributed by atoms with Crippen molar-refractivity contribution in [1.29, 1.82) is 0 Å². The second kappa shape index (κ2) is 6.65. The number of hydrogen-bond donors (Lipinski definition) is 1. The van der Waals surface area contributed by atoms with Gasteiger partial charge in [-0.1, -0.05) is 29.3 Å². The molecular formula is C16H24Cl2N2. The monoisotopic (exact) mass is 314 g/mol. The molecule has 0 saturated carbocycles. The summed E-state index contributed by atoms with van der Waals surface area (Å²) in [5, 5.41) is 4.88. The minimum atomic E-state index is 0.178. The molecule has 0 radical (unpaired) electrons. The molecule has 112 valence electrons. The molecule has 4 heteroatoms. The van der Waals surface area contributed by atoms with Crippen LogP contribution in [0, 0.1) is 0 Å². The Morgan fingerprint density at radius 1 is 1.25 bits per heavy atom. The summed E-state index contributed by atoms with van der Waals surface area (Å²) in [6.07, 6.45) is 2.54. The van der Waals surface area contributed by atoms with Crippen LogP contribution in [0.2, 0.25) is 10.0 Å². The van der Waals surface area contributed by atoms with E-state index in [2.05, 4.69) is 37.1 Å². The molecule has 1 unspecified atom stereocenters.